The third-order valence-corrected chi connectivity index (χ3v) is 5.11. The summed E-state index contributed by atoms with van der Waals surface area (Å²) in [6.45, 7) is 5.62. The molecule has 3 rings (SSSR count). The molecular formula is C24H28FN3O4. The molecule has 0 atom stereocenters. The van der Waals surface area contributed by atoms with Gasteiger partial charge in [-0.15, -0.1) is 0 Å². The Balaban J connectivity index is 1.76. The van der Waals surface area contributed by atoms with E-state index < -0.39 is 23.4 Å². The van der Waals surface area contributed by atoms with Gasteiger partial charge >= 0.3 is 6.09 Å². The van der Waals surface area contributed by atoms with Crippen LogP contribution in [0.1, 0.15) is 36.7 Å². The molecule has 170 valence electrons. The van der Waals surface area contributed by atoms with Crippen molar-refractivity contribution in [3.05, 3.63) is 65.5 Å². The molecule has 1 fully saturated rings. The number of hydrogen-bond acceptors (Lipinski definition) is 5. The van der Waals surface area contributed by atoms with Crippen LogP contribution in [-0.2, 0) is 16.1 Å². The van der Waals surface area contributed by atoms with Crippen LogP contribution in [0.15, 0.2) is 48.5 Å². The van der Waals surface area contributed by atoms with Crippen LogP contribution in [0, 0.1) is 11.7 Å². The Bertz CT molecular complexity index is 998. The molecule has 1 aliphatic heterocycles. The monoisotopic (exact) mass is 441 g/mol. The first-order valence-corrected chi connectivity index (χ1v) is 10.4. The van der Waals surface area contributed by atoms with Crippen molar-refractivity contribution in [1.29, 1.82) is 0 Å². The topological polar surface area (TPSA) is 92.9 Å². The van der Waals surface area contributed by atoms with Crippen molar-refractivity contribution in [1.82, 2.24) is 4.90 Å². The maximum Gasteiger partial charge on any atom is 0.410 e. The molecular weight excluding hydrogens is 413 g/mol. The molecule has 0 aliphatic carbocycles. The zero-order chi connectivity index (χ0) is 23.5. The summed E-state index contributed by atoms with van der Waals surface area (Å²) in [5, 5.41) is 0. The SMILES string of the molecule is CC(C)(C)OC(=O)N1CC(C(=O)N(Cc2ccc(C(=O)CN)cc2F)c2ccccc2)C1. The lowest BCUT2D eigenvalue weighted by molar-refractivity contribution is -0.127. The van der Waals surface area contributed by atoms with Crippen molar-refractivity contribution in [3.63, 3.8) is 0 Å². The summed E-state index contributed by atoms with van der Waals surface area (Å²) in [7, 11) is 0. The number of rotatable bonds is 6. The summed E-state index contributed by atoms with van der Waals surface area (Å²) >= 11 is 0. The number of amides is 2. The average Bonchev–Trinajstić information content (AvgIpc) is 2.70. The Morgan fingerprint density at radius 3 is 2.34 bits per heavy atom. The van der Waals surface area contributed by atoms with E-state index in [0.717, 1.165) is 6.07 Å². The Hall–Kier alpha value is -3.26. The molecule has 2 aromatic rings. The lowest BCUT2D eigenvalue weighted by Gasteiger charge is -2.41. The summed E-state index contributed by atoms with van der Waals surface area (Å²) in [6, 6.07) is 13.1. The number of carbonyl (C=O) groups is 3. The molecule has 8 heteroatoms. The minimum absolute atomic E-state index is 0.00525. The van der Waals surface area contributed by atoms with Crippen molar-refractivity contribution in [2.24, 2.45) is 11.7 Å². The van der Waals surface area contributed by atoms with E-state index in [2.05, 4.69) is 0 Å². The third-order valence-electron chi connectivity index (χ3n) is 5.11. The molecule has 2 amide bonds. The van der Waals surface area contributed by atoms with Gasteiger partial charge in [0.1, 0.15) is 11.4 Å². The number of nitrogens with zero attached hydrogens (tertiary/aromatic N) is 2. The molecule has 0 spiro atoms. The van der Waals surface area contributed by atoms with Crippen LogP contribution >= 0.6 is 0 Å². The number of ketones is 1. The lowest BCUT2D eigenvalue weighted by Crippen LogP contribution is -2.57. The fourth-order valence-electron chi connectivity index (χ4n) is 3.37. The van der Waals surface area contributed by atoms with Crippen LogP contribution in [0.2, 0.25) is 0 Å². The number of nitrogens with two attached hydrogens (primary N) is 1. The first kappa shape index (κ1) is 23.4. The van der Waals surface area contributed by atoms with E-state index in [1.165, 1.54) is 21.9 Å². The number of Topliss-reactive ketones (excluding diaryl/α,β-unsaturated/α-hetero) is 1. The highest BCUT2D eigenvalue weighted by atomic mass is 19.1. The van der Waals surface area contributed by atoms with Crippen LogP contribution in [0.3, 0.4) is 0 Å². The fraction of sp³-hybridized carbons (Fsp3) is 0.375. The lowest BCUT2D eigenvalue weighted by atomic mass is 9.98. The first-order valence-electron chi connectivity index (χ1n) is 10.4. The predicted octanol–water partition coefficient (Wildman–Crippen LogP) is 3.37. The molecule has 0 bridgehead atoms. The number of hydrogen-bond donors (Lipinski definition) is 1. The van der Waals surface area contributed by atoms with E-state index in [1.807, 2.05) is 6.07 Å². The van der Waals surface area contributed by atoms with Gasteiger partial charge in [-0.1, -0.05) is 30.3 Å². The number of benzene rings is 2. The molecule has 1 aliphatic rings. The molecule has 0 radical (unpaired) electrons. The van der Waals surface area contributed by atoms with Gasteiger partial charge in [-0.05, 0) is 39.0 Å². The Kier molecular flexibility index (Phi) is 6.93. The van der Waals surface area contributed by atoms with Gasteiger partial charge in [0, 0.05) is 29.9 Å². The van der Waals surface area contributed by atoms with Gasteiger partial charge in [0.05, 0.1) is 19.0 Å². The Morgan fingerprint density at radius 1 is 1.12 bits per heavy atom. The van der Waals surface area contributed by atoms with E-state index in [9.17, 15) is 18.8 Å². The molecule has 2 aromatic carbocycles. The van der Waals surface area contributed by atoms with Gasteiger partial charge in [0.25, 0.3) is 0 Å². The van der Waals surface area contributed by atoms with Crippen LogP contribution in [0.5, 0.6) is 0 Å². The minimum atomic E-state index is -0.614. The molecule has 32 heavy (non-hydrogen) atoms. The summed E-state index contributed by atoms with van der Waals surface area (Å²) in [6.07, 6.45) is -0.459. The molecule has 0 unspecified atom stereocenters. The molecule has 1 heterocycles. The molecule has 2 N–H and O–H groups in total. The fourth-order valence-corrected chi connectivity index (χ4v) is 3.37. The van der Waals surface area contributed by atoms with Gasteiger partial charge in [-0.2, -0.15) is 0 Å². The minimum Gasteiger partial charge on any atom is -0.444 e. The number of likely N-dealkylation sites (tertiary alicyclic amines) is 1. The summed E-state index contributed by atoms with van der Waals surface area (Å²) in [4.78, 5) is 40.2. The highest BCUT2D eigenvalue weighted by Crippen LogP contribution is 2.26. The van der Waals surface area contributed by atoms with Crippen LogP contribution in [0.25, 0.3) is 0 Å². The average molecular weight is 442 g/mol. The summed E-state index contributed by atoms with van der Waals surface area (Å²) < 4.78 is 20.1. The number of ether oxygens (including phenoxy) is 1. The van der Waals surface area contributed by atoms with Gasteiger partial charge in [-0.3, -0.25) is 9.59 Å². The second kappa shape index (κ2) is 9.48. The van der Waals surface area contributed by atoms with Gasteiger partial charge in [0.15, 0.2) is 5.78 Å². The maximum absolute atomic E-state index is 14.7. The van der Waals surface area contributed by atoms with E-state index >= 15 is 0 Å². The maximum atomic E-state index is 14.7. The van der Waals surface area contributed by atoms with Gasteiger partial charge in [0.2, 0.25) is 5.91 Å². The van der Waals surface area contributed by atoms with Crippen molar-refractivity contribution >= 4 is 23.5 Å². The number of para-hydroxylation sites is 1. The third kappa shape index (κ3) is 5.50. The molecule has 7 nitrogen and oxygen atoms in total. The molecule has 0 saturated carbocycles. The molecule has 1 saturated heterocycles. The van der Waals surface area contributed by atoms with Crippen LogP contribution in [0.4, 0.5) is 14.9 Å². The smallest absolute Gasteiger partial charge is 0.410 e. The van der Waals surface area contributed by atoms with Gasteiger partial charge in [-0.25, -0.2) is 9.18 Å². The van der Waals surface area contributed by atoms with Crippen molar-refractivity contribution in [2.75, 3.05) is 24.5 Å². The van der Waals surface area contributed by atoms with Crippen LogP contribution in [-0.4, -0.2) is 47.9 Å². The Labute approximate surface area is 186 Å². The highest BCUT2D eigenvalue weighted by molar-refractivity contribution is 5.98. The standard InChI is InChI=1S/C24H28FN3O4/c1-24(2,3)32-23(31)27-13-18(14-27)22(30)28(19-7-5-4-6-8-19)15-17-10-9-16(11-20(17)25)21(29)12-26/h4-11,18H,12-15,26H2,1-3H3. The number of anilines is 1. The first-order chi connectivity index (χ1) is 15.1. The van der Waals surface area contributed by atoms with Crippen molar-refractivity contribution < 1.29 is 23.5 Å². The second-order valence-electron chi connectivity index (χ2n) is 8.78. The summed E-state index contributed by atoms with van der Waals surface area (Å²) in [5.74, 6) is -1.56. The zero-order valence-electron chi connectivity index (χ0n) is 18.5. The quantitative estimate of drug-likeness (QED) is 0.694. The van der Waals surface area contributed by atoms with Crippen molar-refractivity contribution in [3.8, 4) is 0 Å². The van der Waals surface area contributed by atoms with E-state index in [1.54, 1.807) is 45.0 Å². The zero-order valence-corrected chi connectivity index (χ0v) is 18.5. The second-order valence-corrected chi connectivity index (χ2v) is 8.78. The van der Waals surface area contributed by atoms with E-state index in [-0.39, 0.29) is 49.0 Å². The Morgan fingerprint density at radius 2 is 1.78 bits per heavy atom. The summed E-state index contributed by atoms with van der Waals surface area (Å²) in [5.41, 5.74) is 5.82. The van der Waals surface area contributed by atoms with Crippen molar-refractivity contribution in [2.45, 2.75) is 32.9 Å². The predicted molar refractivity (Wildman–Crippen MR) is 119 cm³/mol. The van der Waals surface area contributed by atoms with E-state index in [0.29, 0.717) is 5.69 Å². The van der Waals surface area contributed by atoms with E-state index in [4.69, 9.17) is 10.5 Å². The normalized spacial score (nSPS) is 14.0. The largest absolute Gasteiger partial charge is 0.444 e. The number of halogens is 1. The molecule has 0 aromatic heterocycles. The van der Waals surface area contributed by atoms with Gasteiger partial charge < -0.3 is 20.3 Å². The number of carbonyl (C=O) groups excluding carboxylic acids is 3. The van der Waals surface area contributed by atoms with Crippen LogP contribution < -0.4 is 10.6 Å². The highest BCUT2D eigenvalue weighted by Gasteiger charge is 2.40.